The maximum absolute atomic E-state index is 12.4. The van der Waals surface area contributed by atoms with Gasteiger partial charge in [0.1, 0.15) is 11.3 Å². The van der Waals surface area contributed by atoms with Crippen LogP contribution < -0.4 is 10.1 Å². The zero-order chi connectivity index (χ0) is 20.8. The molecule has 0 fully saturated rings. The van der Waals surface area contributed by atoms with Crippen LogP contribution in [0.1, 0.15) is 27.3 Å². The number of methoxy groups -OCH3 is 1. The molecule has 3 aromatic rings. The average molecular weight is 393 g/mol. The number of hydrogen-bond acceptors (Lipinski definition) is 5. The minimum Gasteiger partial charge on any atom is -0.483 e. The zero-order valence-corrected chi connectivity index (χ0v) is 16.6. The fraction of sp³-hybridized carbons (Fsp3) is 0.227. The Balaban J connectivity index is 1.67. The molecule has 2 aromatic carbocycles. The van der Waals surface area contributed by atoms with Crippen molar-refractivity contribution in [2.24, 2.45) is 0 Å². The van der Waals surface area contributed by atoms with Crippen molar-refractivity contribution < 1.29 is 19.1 Å². The number of carbonyl (C=O) groups is 2. The molecule has 1 aromatic heterocycles. The largest absolute Gasteiger partial charge is 0.483 e. The first-order chi connectivity index (χ1) is 14.0. The Kier molecular flexibility index (Phi) is 6.29. The first kappa shape index (κ1) is 20.1. The fourth-order valence-electron chi connectivity index (χ4n) is 2.98. The van der Waals surface area contributed by atoms with Gasteiger partial charge in [-0.3, -0.25) is 9.48 Å². The smallest absolute Gasteiger partial charge is 0.341 e. The zero-order valence-electron chi connectivity index (χ0n) is 16.6. The molecule has 7 nitrogen and oxygen atoms in total. The summed E-state index contributed by atoms with van der Waals surface area (Å²) < 4.78 is 12.1. The fourth-order valence-corrected chi connectivity index (χ4v) is 2.98. The second-order valence-electron chi connectivity index (χ2n) is 6.51. The van der Waals surface area contributed by atoms with Crippen LogP contribution in [0.15, 0.2) is 54.6 Å². The molecule has 0 saturated carbocycles. The first-order valence-corrected chi connectivity index (χ1v) is 9.17. The van der Waals surface area contributed by atoms with Crippen molar-refractivity contribution in [3.63, 3.8) is 0 Å². The number of anilines is 1. The summed E-state index contributed by atoms with van der Waals surface area (Å²) >= 11 is 0. The van der Waals surface area contributed by atoms with E-state index in [4.69, 9.17) is 9.47 Å². The number of carbonyl (C=O) groups excluding carboxylic acids is 2. The summed E-state index contributed by atoms with van der Waals surface area (Å²) in [7, 11) is 1.30. The Morgan fingerprint density at radius 3 is 2.45 bits per heavy atom. The number of nitrogens with zero attached hydrogens (tertiary/aromatic N) is 2. The highest BCUT2D eigenvalue weighted by Gasteiger charge is 2.17. The Hall–Kier alpha value is -3.61. The number of benzene rings is 2. The average Bonchev–Trinajstić information content (AvgIpc) is 3.00. The van der Waals surface area contributed by atoms with E-state index in [9.17, 15) is 9.59 Å². The predicted octanol–water partition coefficient (Wildman–Crippen LogP) is 3.35. The minimum absolute atomic E-state index is 0.239. The van der Waals surface area contributed by atoms with E-state index in [2.05, 4.69) is 10.4 Å². The van der Waals surface area contributed by atoms with E-state index in [1.54, 1.807) is 24.3 Å². The molecule has 0 atom stereocenters. The number of esters is 1. The summed E-state index contributed by atoms with van der Waals surface area (Å²) in [6.07, 6.45) is 0. The van der Waals surface area contributed by atoms with Crippen molar-refractivity contribution in [2.75, 3.05) is 19.0 Å². The number of ether oxygens (including phenoxy) is 2. The molecule has 150 valence electrons. The van der Waals surface area contributed by atoms with Gasteiger partial charge in [-0.25, -0.2) is 4.79 Å². The van der Waals surface area contributed by atoms with Crippen molar-refractivity contribution in [1.82, 2.24) is 9.78 Å². The number of amides is 1. The van der Waals surface area contributed by atoms with E-state index >= 15 is 0 Å². The van der Waals surface area contributed by atoms with E-state index in [1.807, 2.05) is 48.9 Å². The second-order valence-corrected chi connectivity index (χ2v) is 6.51. The second kappa shape index (κ2) is 9.05. The topological polar surface area (TPSA) is 82.4 Å². The molecule has 3 rings (SSSR count). The van der Waals surface area contributed by atoms with E-state index in [0.717, 1.165) is 17.0 Å². The molecule has 7 heteroatoms. The monoisotopic (exact) mass is 393 g/mol. The van der Waals surface area contributed by atoms with Gasteiger partial charge in [0.05, 0.1) is 30.7 Å². The lowest BCUT2D eigenvalue weighted by Gasteiger charge is -2.11. The van der Waals surface area contributed by atoms with Crippen molar-refractivity contribution in [2.45, 2.75) is 20.4 Å². The van der Waals surface area contributed by atoms with Gasteiger partial charge in [-0.2, -0.15) is 5.10 Å². The molecule has 1 amide bonds. The van der Waals surface area contributed by atoms with Crippen molar-refractivity contribution in [3.05, 3.63) is 77.1 Å². The van der Waals surface area contributed by atoms with Gasteiger partial charge in [0.2, 0.25) is 0 Å². The summed E-state index contributed by atoms with van der Waals surface area (Å²) in [5, 5.41) is 7.38. The molecular weight excluding hydrogens is 370 g/mol. The van der Waals surface area contributed by atoms with Gasteiger partial charge in [0.15, 0.2) is 6.61 Å². The van der Waals surface area contributed by atoms with Crippen molar-refractivity contribution in [3.8, 4) is 5.75 Å². The van der Waals surface area contributed by atoms with Crippen molar-refractivity contribution in [1.29, 1.82) is 0 Å². The number of aryl methyl sites for hydroxylation is 1. The standard InChI is InChI=1S/C22H23N3O4/c1-15-21(16(2)25(24-15)13-17-9-5-4-6-10-17)23-20(26)14-29-19-12-8-7-11-18(19)22(27)28-3/h4-12H,13-14H2,1-3H3,(H,23,26). The van der Waals surface area contributed by atoms with Crippen LogP contribution in [-0.2, 0) is 16.1 Å². The number of hydrogen-bond donors (Lipinski definition) is 1. The maximum atomic E-state index is 12.4. The molecule has 0 spiro atoms. The minimum atomic E-state index is -0.519. The summed E-state index contributed by atoms with van der Waals surface area (Å²) in [6.45, 7) is 4.13. The molecule has 0 radical (unpaired) electrons. The predicted molar refractivity (Wildman–Crippen MR) is 109 cm³/mol. The summed E-state index contributed by atoms with van der Waals surface area (Å²) in [5.74, 6) is -0.562. The van der Waals surface area contributed by atoms with Crippen LogP contribution in [0.5, 0.6) is 5.75 Å². The normalized spacial score (nSPS) is 10.4. The van der Waals surface area contributed by atoms with Crippen molar-refractivity contribution >= 4 is 17.6 Å². The molecule has 29 heavy (non-hydrogen) atoms. The Morgan fingerprint density at radius 2 is 1.72 bits per heavy atom. The SMILES string of the molecule is COC(=O)c1ccccc1OCC(=O)Nc1c(C)nn(Cc2ccccc2)c1C. The summed E-state index contributed by atoms with van der Waals surface area (Å²) in [6, 6.07) is 16.6. The lowest BCUT2D eigenvalue weighted by Crippen LogP contribution is -2.21. The van der Waals surface area contributed by atoms with Gasteiger partial charge in [-0.15, -0.1) is 0 Å². The number of rotatable bonds is 7. The van der Waals surface area contributed by atoms with Crippen LogP contribution in [0.25, 0.3) is 0 Å². The highest BCUT2D eigenvalue weighted by Crippen LogP contribution is 2.21. The highest BCUT2D eigenvalue weighted by molar-refractivity contribution is 5.94. The maximum Gasteiger partial charge on any atom is 0.341 e. The number of nitrogens with one attached hydrogen (secondary N) is 1. The van der Waals surface area contributed by atoms with E-state index < -0.39 is 5.97 Å². The van der Waals surface area contributed by atoms with E-state index in [-0.39, 0.29) is 18.1 Å². The number of para-hydroxylation sites is 1. The van der Waals surface area contributed by atoms with Crippen LogP contribution in [-0.4, -0.2) is 35.4 Å². The highest BCUT2D eigenvalue weighted by atomic mass is 16.5. The molecule has 0 aliphatic rings. The van der Waals surface area contributed by atoms with Crippen LogP contribution in [0.4, 0.5) is 5.69 Å². The molecule has 0 aliphatic heterocycles. The molecule has 1 heterocycles. The molecule has 0 bridgehead atoms. The van der Waals surface area contributed by atoms with Crippen LogP contribution in [0.3, 0.4) is 0 Å². The first-order valence-electron chi connectivity index (χ1n) is 9.17. The van der Waals surface area contributed by atoms with E-state index in [1.165, 1.54) is 7.11 Å². The van der Waals surface area contributed by atoms with Gasteiger partial charge in [0, 0.05) is 0 Å². The number of aromatic nitrogens is 2. The molecule has 1 N–H and O–H groups in total. The third-order valence-corrected chi connectivity index (χ3v) is 4.47. The lowest BCUT2D eigenvalue weighted by molar-refractivity contribution is -0.118. The Bertz CT molecular complexity index is 1010. The molecule has 0 unspecified atom stereocenters. The Labute approximate surface area is 169 Å². The Morgan fingerprint density at radius 1 is 1.03 bits per heavy atom. The van der Waals surface area contributed by atoms with Gasteiger partial charge >= 0.3 is 5.97 Å². The summed E-state index contributed by atoms with van der Waals surface area (Å²) in [4.78, 5) is 24.2. The van der Waals surface area contributed by atoms with Gasteiger partial charge in [-0.1, -0.05) is 42.5 Å². The molecular formula is C22H23N3O4. The molecule has 0 saturated heterocycles. The third-order valence-electron chi connectivity index (χ3n) is 4.47. The molecule has 0 aliphatic carbocycles. The third kappa shape index (κ3) is 4.82. The van der Waals surface area contributed by atoms with Crippen LogP contribution in [0, 0.1) is 13.8 Å². The lowest BCUT2D eigenvalue weighted by atomic mass is 10.2. The van der Waals surface area contributed by atoms with Gasteiger partial charge in [-0.05, 0) is 31.5 Å². The van der Waals surface area contributed by atoms with Gasteiger partial charge < -0.3 is 14.8 Å². The quantitative estimate of drug-likeness (QED) is 0.623. The summed E-state index contributed by atoms with van der Waals surface area (Å²) in [5.41, 5.74) is 3.64. The van der Waals surface area contributed by atoms with Gasteiger partial charge in [0.25, 0.3) is 5.91 Å². The van der Waals surface area contributed by atoms with Crippen LogP contribution in [0.2, 0.25) is 0 Å². The van der Waals surface area contributed by atoms with E-state index in [0.29, 0.717) is 18.0 Å². The van der Waals surface area contributed by atoms with Crippen LogP contribution >= 0.6 is 0 Å².